The number of ether oxygens (including phenoxy) is 3. The average Bonchev–Trinajstić information content (AvgIpc) is 2.71. The quantitative estimate of drug-likeness (QED) is 0.684. The van der Waals surface area contributed by atoms with Gasteiger partial charge in [0.25, 0.3) is 10.0 Å². The number of sulfonamides is 1. The number of carbonyl (C=O) groups excluding carboxylic acids is 2. The molecule has 8 nitrogen and oxygen atoms in total. The molecule has 0 fully saturated rings. The number of methoxy groups -OCH3 is 3. The Morgan fingerprint density at radius 2 is 1.59 bits per heavy atom. The zero-order valence-corrected chi connectivity index (χ0v) is 17.6. The third-order valence-electron chi connectivity index (χ3n) is 4.22. The van der Waals surface area contributed by atoms with Crippen LogP contribution in [0.1, 0.15) is 46.0 Å². The van der Waals surface area contributed by atoms with E-state index >= 15 is 0 Å². The lowest BCUT2D eigenvalue weighted by Crippen LogP contribution is -2.17. The van der Waals surface area contributed by atoms with Gasteiger partial charge in [-0.1, -0.05) is 13.8 Å². The van der Waals surface area contributed by atoms with Crippen LogP contribution < -0.4 is 9.46 Å². The van der Waals surface area contributed by atoms with Gasteiger partial charge in [0.1, 0.15) is 5.75 Å². The summed E-state index contributed by atoms with van der Waals surface area (Å²) in [5, 5.41) is 0. The summed E-state index contributed by atoms with van der Waals surface area (Å²) in [6.45, 7) is 3.83. The Balaban J connectivity index is 2.55. The first kappa shape index (κ1) is 22.2. The molecule has 0 aliphatic rings. The molecule has 0 atom stereocenters. The monoisotopic (exact) mass is 421 g/mol. The topological polar surface area (TPSA) is 108 Å². The molecule has 0 heterocycles. The molecule has 0 unspecified atom stereocenters. The second kappa shape index (κ2) is 8.95. The Morgan fingerprint density at radius 1 is 0.931 bits per heavy atom. The van der Waals surface area contributed by atoms with Gasteiger partial charge in [-0.05, 0) is 47.9 Å². The second-order valence-electron chi connectivity index (χ2n) is 6.41. The van der Waals surface area contributed by atoms with Crippen molar-refractivity contribution in [2.45, 2.75) is 24.7 Å². The molecule has 0 amide bonds. The zero-order valence-electron chi connectivity index (χ0n) is 16.8. The van der Waals surface area contributed by atoms with Gasteiger partial charge in [0.05, 0.1) is 43.0 Å². The van der Waals surface area contributed by atoms with Crippen LogP contribution in [0.15, 0.2) is 41.3 Å². The predicted molar refractivity (Wildman–Crippen MR) is 107 cm³/mol. The predicted octanol–water partition coefficient (Wildman–Crippen LogP) is 3.19. The van der Waals surface area contributed by atoms with Crippen LogP contribution in [0, 0.1) is 0 Å². The number of rotatable bonds is 7. The number of anilines is 1. The van der Waals surface area contributed by atoms with Crippen LogP contribution in [0.4, 0.5) is 5.69 Å². The summed E-state index contributed by atoms with van der Waals surface area (Å²) in [5.41, 5.74) is 0.658. The summed E-state index contributed by atoms with van der Waals surface area (Å²) >= 11 is 0. The first-order valence-corrected chi connectivity index (χ1v) is 10.1. The highest BCUT2D eigenvalue weighted by Gasteiger charge is 2.22. The van der Waals surface area contributed by atoms with Crippen molar-refractivity contribution in [3.05, 3.63) is 53.1 Å². The molecular weight excluding hydrogens is 398 g/mol. The number of hydrogen-bond donors (Lipinski definition) is 1. The van der Waals surface area contributed by atoms with Crippen molar-refractivity contribution in [2.24, 2.45) is 0 Å². The van der Waals surface area contributed by atoms with Crippen molar-refractivity contribution in [3.8, 4) is 5.75 Å². The van der Waals surface area contributed by atoms with Crippen LogP contribution in [0.25, 0.3) is 0 Å². The molecule has 0 saturated carbocycles. The molecule has 1 N–H and O–H groups in total. The second-order valence-corrected chi connectivity index (χ2v) is 8.09. The summed E-state index contributed by atoms with van der Waals surface area (Å²) in [7, 11) is -0.191. The molecule has 9 heteroatoms. The minimum Gasteiger partial charge on any atom is -0.496 e. The minimum atomic E-state index is -4.07. The maximum Gasteiger partial charge on any atom is 0.339 e. The lowest BCUT2D eigenvalue weighted by atomic mass is 10.0. The molecule has 0 aliphatic heterocycles. The van der Waals surface area contributed by atoms with E-state index in [-0.39, 0.29) is 27.6 Å². The molecule has 0 aliphatic carbocycles. The van der Waals surface area contributed by atoms with E-state index in [2.05, 4.69) is 9.46 Å². The maximum atomic E-state index is 13.0. The van der Waals surface area contributed by atoms with Crippen LogP contribution in [0.2, 0.25) is 0 Å². The highest BCUT2D eigenvalue weighted by molar-refractivity contribution is 7.92. The molecule has 29 heavy (non-hydrogen) atoms. The summed E-state index contributed by atoms with van der Waals surface area (Å²) in [4.78, 5) is 23.8. The van der Waals surface area contributed by atoms with Gasteiger partial charge < -0.3 is 14.2 Å². The SMILES string of the molecule is COC(=O)c1ccc(C(=O)OC)c(NS(=O)(=O)c2ccc(OC)c(C(C)C)c2)c1. The third kappa shape index (κ3) is 4.86. The molecule has 0 radical (unpaired) electrons. The highest BCUT2D eigenvalue weighted by Crippen LogP contribution is 2.30. The van der Waals surface area contributed by atoms with Gasteiger partial charge in [0, 0.05) is 0 Å². The summed E-state index contributed by atoms with van der Waals surface area (Å²) in [6, 6.07) is 8.34. The fourth-order valence-electron chi connectivity index (χ4n) is 2.70. The molecule has 0 aromatic heterocycles. The van der Waals surface area contributed by atoms with Crippen molar-refractivity contribution in [3.63, 3.8) is 0 Å². The fourth-order valence-corrected chi connectivity index (χ4v) is 3.80. The van der Waals surface area contributed by atoms with Gasteiger partial charge >= 0.3 is 11.9 Å². The van der Waals surface area contributed by atoms with Crippen LogP contribution >= 0.6 is 0 Å². The smallest absolute Gasteiger partial charge is 0.339 e. The molecule has 0 spiro atoms. The van der Waals surface area contributed by atoms with Crippen molar-refractivity contribution < 1.29 is 32.2 Å². The first-order chi connectivity index (χ1) is 13.6. The molecule has 0 bridgehead atoms. The summed E-state index contributed by atoms with van der Waals surface area (Å²) in [5.74, 6) is -0.833. The Kier molecular flexibility index (Phi) is 6.86. The Hall–Kier alpha value is -3.07. The van der Waals surface area contributed by atoms with Gasteiger partial charge in [-0.2, -0.15) is 0 Å². The Labute approximate surface area is 169 Å². The Morgan fingerprint density at radius 3 is 2.14 bits per heavy atom. The number of benzene rings is 2. The van der Waals surface area contributed by atoms with Gasteiger partial charge in [-0.25, -0.2) is 18.0 Å². The molecule has 156 valence electrons. The van der Waals surface area contributed by atoms with E-state index < -0.39 is 22.0 Å². The maximum absolute atomic E-state index is 13.0. The largest absolute Gasteiger partial charge is 0.496 e. The number of carbonyl (C=O) groups is 2. The normalized spacial score (nSPS) is 11.1. The van der Waals surface area contributed by atoms with E-state index in [1.807, 2.05) is 13.8 Å². The van der Waals surface area contributed by atoms with Gasteiger partial charge in [-0.15, -0.1) is 0 Å². The first-order valence-electron chi connectivity index (χ1n) is 8.66. The van der Waals surface area contributed by atoms with E-state index in [0.717, 1.165) is 0 Å². The van der Waals surface area contributed by atoms with Crippen molar-refractivity contribution in [1.82, 2.24) is 0 Å². The molecular formula is C20H23NO7S. The summed E-state index contributed by atoms with van der Waals surface area (Å²) < 4.78 is 42.9. The zero-order chi connectivity index (χ0) is 21.8. The van der Waals surface area contributed by atoms with E-state index in [4.69, 9.17) is 9.47 Å². The number of esters is 2. The van der Waals surface area contributed by atoms with Crippen LogP contribution in [-0.4, -0.2) is 41.7 Å². The van der Waals surface area contributed by atoms with Crippen LogP contribution in [0.5, 0.6) is 5.75 Å². The van der Waals surface area contributed by atoms with Crippen LogP contribution in [-0.2, 0) is 19.5 Å². The molecule has 2 aromatic carbocycles. The van der Waals surface area contributed by atoms with Crippen LogP contribution in [0.3, 0.4) is 0 Å². The van der Waals surface area contributed by atoms with E-state index in [1.54, 1.807) is 6.07 Å². The lowest BCUT2D eigenvalue weighted by molar-refractivity contribution is 0.0587. The average molecular weight is 421 g/mol. The number of nitrogens with one attached hydrogen (secondary N) is 1. The van der Waals surface area contributed by atoms with E-state index in [0.29, 0.717) is 11.3 Å². The van der Waals surface area contributed by atoms with Crippen molar-refractivity contribution >= 4 is 27.6 Å². The number of hydrogen-bond acceptors (Lipinski definition) is 7. The third-order valence-corrected chi connectivity index (χ3v) is 5.59. The Bertz CT molecular complexity index is 1030. The van der Waals surface area contributed by atoms with E-state index in [9.17, 15) is 18.0 Å². The fraction of sp³-hybridized carbons (Fsp3) is 0.300. The van der Waals surface area contributed by atoms with Crippen molar-refractivity contribution in [1.29, 1.82) is 0 Å². The standard InChI is InChI=1S/C20H23NO7S/c1-12(2)16-11-14(7-9-18(16)26-3)29(24,25)21-17-10-13(19(22)27-4)6-8-15(17)20(23)28-5/h6-12,21H,1-5H3. The van der Waals surface area contributed by atoms with Gasteiger partial charge in [0.15, 0.2) is 0 Å². The summed E-state index contributed by atoms with van der Waals surface area (Å²) in [6.07, 6.45) is 0. The van der Waals surface area contributed by atoms with Gasteiger partial charge in [-0.3, -0.25) is 4.72 Å². The molecule has 2 rings (SSSR count). The van der Waals surface area contributed by atoms with Gasteiger partial charge in [0.2, 0.25) is 0 Å². The van der Waals surface area contributed by atoms with E-state index in [1.165, 1.54) is 51.7 Å². The minimum absolute atomic E-state index is 0.0127. The van der Waals surface area contributed by atoms with Crippen molar-refractivity contribution in [2.75, 3.05) is 26.1 Å². The molecule has 0 saturated heterocycles. The highest BCUT2D eigenvalue weighted by atomic mass is 32.2. The lowest BCUT2D eigenvalue weighted by Gasteiger charge is -2.16. The molecule has 2 aromatic rings.